The summed E-state index contributed by atoms with van der Waals surface area (Å²) in [6.45, 7) is 0. The summed E-state index contributed by atoms with van der Waals surface area (Å²) >= 11 is 0. The SMILES string of the molecule is [2H]c1cc([2H])c2c(-c3c([2H])c([2H])c(-c4c([2H])c([2H])c([2H])c([2H])c4[2H])c(-c4c([2H])c([2H])c([2H])c([2H])c4[2H])c3[2H])c3c([2H])c([2H])c([2H])c([2H])c3c(-c3c([2H])c([2H])c4oc5c([2H])c([2H])c([2H])c([2H])c5c4c3[2H])c2c1[2H]. The van der Waals surface area contributed by atoms with Gasteiger partial charge < -0.3 is 4.42 Å². The van der Waals surface area contributed by atoms with Crippen molar-refractivity contribution in [2.75, 3.05) is 0 Å². The fourth-order valence-electron chi connectivity index (χ4n) is 5.26. The van der Waals surface area contributed by atoms with Gasteiger partial charge in [0.05, 0.1) is 37.0 Å². The van der Waals surface area contributed by atoms with Crippen LogP contribution in [0.4, 0.5) is 0 Å². The van der Waals surface area contributed by atoms with E-state index < -0.39 is 251 Å². The van der Waals surface area contributed by atoms with Crippen LogP contribution in [0.25, 0.3) is 88.0 Å². The lowest BCUT2D eigenvalue weighted by atomic mass is 9.84. The van der Waals surface area contributed by atoms with Crippen molar-refractivity contribution >= 4 is 43.5 Å². The van der Waals surface area contributed by atoms with Crippen molar-refractivity contribution in [1.29, 1.82) is 0 Å². The van der Waals surface area contributed by atoms with Gasteiger partial charge in [-0.15, -0.1) is 0 Å². The molecule has 9 rings (SSSR count). The van der Waals surface area contributed by atoms with E-state index in [1.165, 1.54) is 0 Å². The first-order valence-corrected chi connectivity index (χ1v) is 13.2. The summed E-state index contributed by atoms with van der Waals surface area (Å²) in [6.07, 6.45) is 0. The number of hydrogen-bond acceptors (Lipinski definition) is 1. The average molecular weight is 600 g/mol. The van der Waals surface area contributed by atoms with Gasteiger partial charge in [-0.05, 0) is 90.2 Å². The molecule has 1 heterocycles. The first-order chi connectivity index (χ1) is 33.6. The summed E-state index contributed by atoms with van der Waals surface area (Å²) in [5, 5.41) is -3.65. The van der Waals surface area contributed by atoms with Crippen LogP contribution in [0.15, 0.2) is 174 Å². The largest absolute Gasteiger partial charge is 0.456 e. The zero-order valence-corrected chi connectivity index (χ0v) is 22.5. The van der Waals surface area contributed by atoms with Gasteiger partial charge in [-0.25, -0.2) is 0 Å². The smallest absolute Gasteiger partial charge is 0.135 e. The molecule has 0 aliphatic rings. The number of para-hydroxylation sites is 1. The predicted molar refractivity (Wildman–Crippen MR) is 190 cm³/mol. The van der Waals surface area contributed by atoms with Crippen molar-refractivity contribution in [3.63, 3.8) is 0 Å². The molecule has 0 spiro atoms. The predicted octanol–water partition coefficient (Wildman–Crippen LogP) is 12.6. The molecule has 0 saturated carbocycles. The Balaban J connectivity index is 1.62. The lowest BCUT2D eigenvalue weighted by Crippen LogP contribution is -1.92. The molecule has 1 nitrogen and oxygen atoms in total. The molecule has 0 bridgehead atoms. The molecule has 0 radical (unpaired) electrons. The molecular formula is C44H28O. The average Bonchev–Trinajstić information content (AvgIpc) is 3.76. The first-order valence-electron chi connectivity index (χ1n) is 26.7. The molecule has 9 aromatic rings. The standard InChI is InChI=1S/C44H28O/c1-3-13-29(14-4-1)33-25-23-31(27-39(33)30-15-5-2-6-16-30)43-35-18-7-9-20-37(35)44(38-21-10-8-19-36(38)43)32-24-26-42-40(28-32)34-17-11-12-22-41(34)45-42/h1-28H/i1D,2D,3D,4D,5D,6D,7D,9D,10D,11D,12D,13D,14D,15D,16D,17D,18D,19D,20D,21D,22D,23D,24D,25D,26D,27D,28D. The third-order valence-electron chi connectivity index (χ3n) is 7.12. The molecular weight excluding hydrogens is 544 g/mol. The van der Waals surface area contributed by atoms with Gasteiger partial charge in [0.15, 0.2) is 0 Å². The minimum Gasteiger partial charge on any atom is -0.456 e. The van der Waals surface area contributed by atoms with Gasteiger partial charge in [0.1, 0.15) is 11.2 Å². The fraction of sp³-hybridized carbons (Fsp3) is 0. The second-order valence-corrected chi connectivity index (χ2v) is 9.57. The van der Waals surface area contributed by atoms with Crippen LogP contribution < -0.4 is 0 Å². The van der Waals surface area contributed by atoms with Crippen LogP contribution in [-0.2, 0) is 0 Å². The van der Waals surface area contributed by atoms with Crippen molar-refractivity contribution in [1.82, 2.24) is 0 Å². The molecule has 0 saturated heterocycles. The second-order valence-electron chi connectivity index (χ2n) is 9.57. The number of hydrogen-bond donors (Lipinski definition) is 0. The molecule has 0 atom stereocenters. The van der Waals surface area contributed by atoms with Crippen LogP contribution in [0.3, 0.4) is 0 Å². The van der Waals surface area contributed by atoms with Crippen molar-refractivity contribution in [2.45, 2.75) is 0 Å². The van der Waals surface area contributed by atoms with Gasteiger partial charge in [0.2, 0.25) is 0 Å². The van der Waals surface area contributed by atoms with Gasteiger partial charge in [-0.2, -0.15) is 0 Å². The highest BCUT2D eigenvalue weighted by Gasteiger charge is 2.19. The van der Waals surface area contributed by atoms with E-state index >= 15 is 0 Å². The highest BCUT2D eigenvalue weighted by molar-refractivity contribution is 6.22. The van der Waals surface area contributed by atoms with Crippen LogP contribution >= 0.6 is 0 Å². The molecule has 0 aliphatic heterocycles. The van der Waals surface area contributed by atoms with Gasteiger partial charge in [0, 0.05) is 10.8 Å². The molecule has 0 amide bonds. The maximum Gasteiger partial charge on any atom is 0.135 e. The monoisotopic (exact) mass is 599 g/mol. The summed E-state index contributed by atoms with van der Waals surface area (Å²) in [5.74, 6) is 0. The topological polar surface area (TPSA) is 13.1 Å². The Bertz CT molecular complexity index is 4000. The van der Waals surface area contributed by atoms with Crippen LogP contribution in [-0.4, -0.2) is 0 Å². The zero-order chi connectivity index (χ0) is 53.2. The van der Waals surface area contributed by atoms with E-state index in [1.54, 1.807) is 0 Å². The third kappa shape index (κ3) is 4.17. The summed E-state index contributed by atoms with van der Waals surface area (Å²) in [7, 11) is 0. The first kappa shape index (κ1) is 10.3. The molecule has 1 heteroatoms. The maximum atomic E-state index is 10.0. The van der Waals surface area contributed by atoms with Gasteiger partial charge in [0.25, 0.3) is 0 Å². The Morgan fingerprint density at radius 2 is 0.844 bits per heavy atom. The molecule has 1 aromatic heterocycles. The van der Waals surface area contributed by atoms with E-state index in [0.717, 1.165) is 6.07 Å². The Morgan fingerprint density at radius 1 is 0.333 bits per heavy atom. The minimum atomic E-state index is -1.12. The molecule has 45 heavy (non-hydrogen) atoms. The zero-order valence-electron chi connectivity index (χ0n) is 49.5. The van der Waals surface area contributed by atoms with Crippen LogP contribution in [0.5, 0.6) is 0 Å². The molecule has 210 valence electrons. The number of fused-ring (bicyclic) bond motifs is 5. The highest BCUT2D eigenvalue weighted by Crippen LogP contribution is 2.46. The number of benzene rings is 8. The van der Waals surface area contributed by atoms with E-state index in [-0.39, 0.29) is 0 Å². The normalized spacial score (nSPS) is 20.0. The summed E-state index contributed by atoms with van der Waals surface area (Å²) in [5.41, 5.74) is -7.55. The summed E-state index contributed by atoms with van der Waals surface area (Å²) in [4.78, 5) is 0. The second kappa shape index (κ2) is 10.4. The van der Waals surface area contributed by atoms with Crippen molar-refractivity contribution in [3.8, 4) is 44.5 Å². The third-order valence-corrected chi connectivity index (χ3v) is 7.12. The quantitative estimate of drug-likeness (QED) is 0.183. The Labute approximate surface area is 299 Å². The highest BCUT2D eigenvalue weighted by atomic mass is 16.3. The van der Waals surface area contributed by atoms with Crippen LogP contribution in [0.1, 0.15) is 37.0 Å². The molecule has 0 aliphatic carbocycles. The molecule has 0 fully saturated rings. The van der Waals surface area contributed by atoms with E-state index in [4.69, 9.17) is 29.1 Å². The van der Waals surface area contributed by atoms with Gasteiger partial charge in [-0.3, -0.25) is 0 Å². The van der Waals surface area contributed by atoms with Crippen LogP contribution in [0, 0.1) is 0 Å². The Kier molecular flexibility index (Phi) is 2.38. The minimum absolute atomic E-state index is 0.420. The Hall–Kier alpha value is -5.92. The summed E-state index contributed by atoms with van der Waals surface area (Å²) in [6, 6.07) is -24.2. The number of rotatable bonds is 4. The van der Waals surface area contributed by atoms with E-state index in [0.29, 0.717) is 0 Å². The fourth-order valence-corrected chi connectivity index (χ4v) is 5.26. The van der Waals surface area contributed by atoms with Crippen LogP contribution in [0.2, 0.25) is 0 Å². The summed E-state index contributed by atoms with van der Waals surface area (Å²) < 4.78 is 248. The lowest BCUT2D eigenvalue weighted by molar-refractivity contribution is 0.669. The Morgan fingerprint density at radius 3 is 1.56 bits per heavy atom. The number of furan rings is 1. The maximum absolute atomic E-state index is 10.0. The molecule has 8 aromatic carbocycles. The van der Waals surface area contributed by atoms with E-state index in [9.17, 15) is 12.3 Å². The molecule has 0 unspecified atom stereocenters. The van der Waals surface area contributed by atoms with E-state index in [1.807, 2.05) is 0 Å². The molecule has 0 N–H and O–H groups in total. The van der Waals surface area contributed by atoms with Crippen molar-refractivity contribution in [3.05, 3.63) is 169 Å². The van der Waals surface area contributed by atoms with Gasteiger partial charge in [-0.1, -0.05) is 145 Å². The van der Waals surface area contributed by atoms with Crippen molar-refractivity contribution < 1.29 is 41.4 Å². The van der Waals surface area contributed by atoms with Crippen molar-refractivity contribution in [2.24, 2.45) is 0 Å². The van der Waals surface area contributed by atoms with E-state index in [2.05, 4.69) is 0 Å². The van der Waals surface area contributed by atoms with Gasteiger partial charge >= 0.3 is 0 Å². The lowest BCUT2D eigenvalue weighted by Gasteiger charge is -2.19.